The number of ether oxygens (including phenoxy) is 2. The number of benzene rings is 1. The summed E-state index contributed by atoms with van der Waals surface area (Å²) in [6.45, 7) is 4.69. The smallest absolute Gasteiger partial charge is 0.187 e. The van der Waals surface area contributed by atoms with Crippen LogP contribution in [-0.2, 0) is 0 Å². The molecule has 2 nitrogen and oxygen atoms in total. The van der Waals surface area contributed by atoms with Gasteiger partial charge >= 0.3 is 0 Å². The Labute approximate surface area is 94.0 Å². The summed E-state index contributed by atoms with van der Waals surface area (Å²) in [6, 6.07) is 3.14. The van der Waals surface area contributed by atoms with E-state index in [1.54, 1.807) is 6.07 Å². The van der Waals surface area contributed by atoms with Crippen molar-refractivity contribution in [1.29, 1.82) is 0 Å². The van der Waals surface area contributed by atoms with Gasteiger partial charge in [-0.3, -0.25) is 0 Å². The minimum absolute atomic E-state index is 0.0227. The van der Waals surface area contributed by atoms with Crippen molar-refractivity contribution in [3.05, 3.63) is 23.0 Å². The predicted octanol–water partition coefficient (Wildman–Crippen LogP) is 3.67. The standard InChI is InChI=1S/C11H14ClFO2/c1-3-7-15-9-6-5-8(14-4-2)10(12)11(9)13/h5-6H,3-4,7H2,1-2H3. The Kier molecular flexibility index (Phi) is 4.69. The summed E-state index contributed by atoms with van der Waals surface area (Å²) in [6.07, 6.45) is 0.824. The third-order valence-electron chi connectivity index (χ3n) is 1.77. The van der Waals surface area contributed by atoms with E-state index in [2.05, 4.69) is 0 Å². The van der Waals surface area contributed by atoms with Gasteiger partial charge in [-0.05, 0) is 25.5 Å². The van der Waals surface area contributed by atoms with Gasteiger partial charge in [0, 0.05) is 0 Å². The maximum Gasteiger partial charge on any atom is 0.187 e. The summed E-state index contributed by atoms with van der Waals surface area (Å²) >= 11 is 5.78. The van der Waals surface area contributed by atoms with Crippen molar-refractivity contribution in [1.82, 2.24) is 0 Å². The highest BCUT2D eigenvalue weighted by atomic mass is 35.5. The second-order valence-corrected chi connectivity index (χ2v) is 3.35. The van der Waals surface area contributed by atoms with Crippen LogP contribution in [0.4, 0.5) is 4.39 Å². The van der Waals surface area contributed by atoms with Crippen LogP contribution in [0.3, 0.4) is 0 Å². The molecule has 0 aliphatic rings. The van der Waals surface area contributed by atoms with Crippen molar-refractivity contribution in [3.63, 3.8) is 0 Å². The maximum atomic E-state index is 13.6. The van der Waals surface area contributed by atoms with Gasteiger partial charge in [0.2, 0.25) is 0 Å². The number of hydrogen-bond donors (Lipinski definition) is 0. The first-order valence-corrected chi connectivity index (χ1v) is 5.32. The van der Waals surface area contributed by atoms with Gasteiger partial charge < -0.3 is 9.47 Å². The van der Waals surface area contributed by atoms with Crippen LogP contribution in [-0.4, -0.2) is 13.2 Å². The van der Waals surface area contributed by atoms with E-state index in [4.69, 9.17) is 21.1 Å². The first kappa shape index (κ1) is 12.1. The van der Waals surface area contributed by atoms with E-state index in [0.29, 0.717) is 19.0 Å². The van der Waals surface area contributed by atoms with Crippen LogP contribution >= 0.6 is 11.6 Å². The normalized spacial score (nSPS) is 10.1. The van der Waals surface area contributed by atoms with Crippen molar-refractivity contribution in [2.24, 2.45) is 0 Å². The molecule has 0 amide bonds. The average molecular weight is 233 g/mol. The van der Waals surface area contributed by atoms with Crippen LogP contribution in [0.25, 0.3) is 0 Å². The summed E-state index contributed by atoms with van der Waals surface area (Å²) in [5, 5.41) is -0.0227. The quantitative estimate of drug-likeness (QED) is 0.771. The van der Waals surface area contributed by atoms with Crippen molar-refractivity contribution in [2.45, 2.75) is 20.3 Å². The second-order valence-electron chi connectivity index (χ2n) is 2.97. The highest BCUT2D eigenvalue weighted by molar-refractivity contribution is 6.32. The molecule has 0 heterocycles. The molecule has 0 spiro atoms. The lowest BCUT2D eigenvalue weighted by atomic mass is 10.3. The molecule has 0 unspecified atom stereocenters. The Morgan fingerprint density at radius 2 is 1.87 bits per heavy atom. The van der Waals surface area contributed by atoms with E-state index >= 15 is 0 Å². The van der Waals surface area contributed by atoms with Crippen LogP contribution in [0, 0.1) is 5.82 Å². The molecule has 0 aromatic heterocycles. The molecule has 0 saturated heterocycles. The molecule has 0 N–H and O–H groups in total. The van der Waals surface area contributed by atoms with Crippen LogP contribution < -0.4 is 9.47 Å². The lowest BCUT2D eigenvalue weighted by Crippen LogP contribution is -1.99. The summed E-state index contributed by atoms with van der Waals surface area (Å²) in [5.41, 5.74) is 0. The van der Waals surface area contributed by atoms with E-state index in [0.717, 1.165) is 6.42 Å². The zero-order valence-electron chi connectivity index (χ0n) is 8.85. The molecule has 0 saturated carbocycles. The highest BCUT2D eigenvalue weighted by Gasteiger charge is 2.13. The minimum Gasteiger partial charge on any atom is -0.492 e. The molecule has 0 aliphatic heterocycles. The van der Waals surface area contributed by atoms with Gasteiger partial charge in [0.05, 0.1) is 13.2 Å². The zero-order chi connectivity index (χ0) is 11.3. The van der Waals surface area contributed by atoms with Crippen LogP contribution in [0.2, 0.25) is 5.02 Å². The molecule has 1 aromatic carbocycles. The fraction of sp³-hybridized carbons (Fsp3) is 0.455. The van der Waals surface area contributed by atoms with Crippen LogP contribution in [0.5, 0.6) is 11.5 Å². The molecule has 0 bridgehead atoms. The van der Waals surface area contributed by atoms with Gasteiger partial charge in [0.15, 0.2) is 11.6 Å². The molecular weight excluding hydrogens is 219 g/mol. The Morgan fingerprint density at radius 1 is 1.20 bits per heavy atom. The van der Waals surface area contributed by atoms with E-state index < -0.39 is 5.82 Å². The Balaban J connectivity index is 2.88. The molecule has 1 rings (SSSR count). The summed E-state index contributed by atoms with van der Waals surface area (Å²) in [5.74, 6) is -0.0399. The Hall–Kier alpha value is -0.960. The SMILES string of the molecule is CCCOc1ccc(OCC)c(Cl)c1F. The van der Waals surface area contributed by atoms with E-state index in [1.807, 2.05) is 13.8 Å². The molecule has 84 valence electrons. The van der Waals surface area contributed by atoms with Gasteiger partial charge in [-0.15, -0.1) is 0 Å². The zero-order valence-corrected chi connectivity index (χ0v) is 9.60. The maximum absolute atomic E-state index is 13.6. The molecular formula is C11H14ClFO2. The molecule has 0 atom stereocenters. The topological polar surface area (TPSA) is 18.5 Å². The van der Waals surface area contributed by atoms with Gasteiger partial charge in [-0.1, -0.05) is 18.5 Å². The molecule has 15 heavy (non-hydrogen) atoms. The van der Waals surface area contributed by atoms with Crippen LogP contribution in [0.1, 0.15) is 20.3 Å². The molecule has 0 fully saturated rings. The van der Waals surface area contributed by atoms with Gasteiger partial charge in [0.1, 0.15) is 10.8 Å². The van der Waals surface area contributed by atoms with E-state index in [1.165, 1.54) is 6.07 Å². The molecule has 4 heteroatoms. The number of rotatable bonds is 5. The van der Waals surface area contributed by atoms with Crippen molar-refractivity contribution >= 4 is 11.6 Å². The third kappa shape index (κ3) is 2.99. The van der Waals surface area contributed by atoms with Crippen LogP contribution in [0.15, 0.2) is 12.1 Å². The highest BCUT2D eigenvalue weighted by Crippen LogP contribution is 2.33. The van der Waals surface area contributed by atoms with E-state index in [-0.39, 0.29) is 10.8 Å². The van der Waals surface area contributed by atoms with Crippen molar-refractivity contribution in [2.75, 3.05) is 13.2 Å². The van der Waals surface area contributed by atoms with E-state index in [9.17, 15) is 4.39 Å². The monoisotopic (exact) mass is 232 g/mol. The third-order valence-corrected chi connectivity index (χ3v) is 2.13. The number of halogens is 2. The lowest BCUT2D eigenvalue weighted by Gasteiger charge is -2.10. The summed E-state index contributed by atoms with van der Waals surface area (Å²) < 4.78 is 23.9. The first-order chi connectivity index (χ1) is 7.20. The largest absolute Gasteiger partial charge is 0.492 e. The number of hydrogen-bond acceptors (Lipinski definition) is 2. The molecule has 0 radical (unpaired) electrons. The molecule has 1 aromatic rings. The minimum atomic E-state index is -0.559. The van der Waals surface area contributed by atoms with Gasteiger partial charge in [-0.25, -0.2) is 4.39 Å². The Morgan fingerprint density at radius 3 is 2.47 bits per heavy atom. The van der Waals surface area contributed by atoms with Crippen molar-refractivity contribution in [3.8, 4) is 11.5 Å². The van der Waals surface area contributed by atoms with Crippen molar-refractivity contribution < 1.29 is 13.9 Å². The van der Waals surface area contributed by atoms with Gasteiger partial charge in [0.25, 0.3) is 0 Å². The lowest BCUT2D eigenvalue weighted by molar-refractivity contribution is 0.297. The Bertz CT molecular complexity index is 329. The summed E-state index contributed by atoms with van der Waals surface area (Å²) in [4.78, 5) is 0. The average Bonchev–Trinajstić information content (AvgIpc) is 2.24. The fourth-order valence-electron chi connectivity index (χ4n) is 1.10. The molecule has 0 aliphatic carbocycles. The van der Waals surface area contributed by atoms with Gasteiger partial charge in [-0.2, -0.15) is 0 Å². The first-order valence-electron chi connectivity index (χ1n) is 4.94. The summed E-state index contributed by atoms with van der Waals surface area (Å²) in [7, 11) is 0. The fourth-order valence-corrected chi connectivity index (χ4v) is 1.32. The predicted molar refractivity (Wildman–Crippen MR) is 58.4 cm³/mol. The second kappa shape index (κ2) is 5.81.